The SMILES string of the molecule is CC1NCCN(C(=O)OC(C)(C)C)C1c1nc2cc(Cl)cc(-c3cccs3)c2o1. The lowest BCUT2D eigenvalue weighted by atomic mass is 10.1. The molecular formula is C21H24ClN3O3S. The lowest BCUT2D eigenvalue weighted by molar-refractivity contribution is 0.00267. The van der Waals surface area contributed by atoms with Gasteiger partial charge >= 0.3 is 6.09 Å². The van der Waals surface area contributed by atoms with Crippen LogP contribution in [-0.2, 0) is 4.74 Å². The largest absolute Gasteiger partial charge is 0.444 e. The molecule has 1 aliphatic rings. The number of piperazine rings is 1. The van der Waals surface area contributed by atoms with Crippen LogP contribution in [0, 0.1) is 0 Å². The number of benzene rings is 1. The van der Waals surface area contributed by atoms with Crippen LogP contribution in [0.2, 0.25) is 5.02 Å². The van der Waals surface area contributed by atoms with E-state index in [4.69, 9.17) is 25.7 Å². The first kappa shape index (κ1) is 20.2. The van der Waals surface area contributed by atoms with E-state index in [1.807, 2.05) is 51.3 Å². The molecule has 0 bridgehead atoms. The van der Waals surface area contributed by atoms with Gasteiger partial charge in [0.05, 0.1) is 0 Å². The number of aromatic nitrogens is 1. The second-order valence-corrected chi connectivity index (χ2v) is 9.58. The van der Waals surface area contributed by atoms with Gasteiger partial charge < -0.3 is 14.5 Å². The molecule has 2 unspecified atom stereocenters. The van der Waals surface area contributed by atoms with Gasteiger partial charge in [-0.05, 0) is 51.3 Å². The van der Waals surface area contributed by atoms with E-state index in [9.17, 15) is 4.79 Å². The van der Waals surface area contributed by atoms with Crippen LogP contribution < -0.4 is 5.32 Å². The molecule has 3 aromatic rings. The number of carbonyl (C=O) groups excluding carboxylic acids is 1. The maximum Gasteiger partial charge on any atom is 0.411 e. The fraction of sp³-hybridized carbons (Fsp3) is 0.429. The Kier molecular flexibility index (Phi) is 5.31. The molecule has 0 aliphatic carbocycles. The average molecular weight is 434 g/mol. The number of nitrogens with zero attached hydrogens (tertiary/aromatic N) is 2. The van der Waals surface area contributed by atoms with E-state index in [1.165, 1.54) is 0 Å². The minimum absolute atomic E-state index is 0.0370. The van der Waals surface area contributed by atoms with Crippen molar-refractivity contribution in [2.24, 2.45) is 0 Å². The summed E-state index contributed by atoms with van der Waals surface area (Å²) in [5.74, 6) is 0.477. The number of oxazole rings is 1. The summed E-state index contributed by atoms with van der Waals surface area (Å²) >= 11 is 7.96. The summed E-state index contributed by atoms with van der Waals surface area (Å²) in [6.07, 6.45) is -0.366. The molecule has 1 aliphatic heterocycles. The predicted molar refractivity (Wildman–Crippen MR) is 115 cm³/mol. The Balaban J connectivity index is 1.77. The molecule has 154 valence electrons. The molecule has 4 rings (SSSR count). The molecule has 8 heteroatoms. The molecule has 29 heavy (non-hydrogen) atoms. The number of rotatable bonds is 2. The molecule has 2 atom stereocenters. The van der Waals surface area contributed by atoms with Crippen LogP contribution in [0.25, 0.3) is 21.5 Å². The van der Waals surface area contributed by atoms with Gasteiger partial charge in [0.25, 0.3) is 0 Å². The summed E-state index contributed by atoms with van der Waals surface area (Å²) in [5, 5.41) is 6.01. The van der Waals surface area contributed by atoms with Gasteiger partial charge in [0.1, 0.15) is 17.2 Å². The second kappa shape index (κ2) is 7.63. The molecule has 1 N–H and O–H groups in total. The van der Waals surface area contributed by atoms with Crippen LogP contribution in [0.15, 0.2) is 34.1 Å². The number of hydrogen-bond donors (Lipinski definition) is 1. The highest BCUT2D eigenvalue weighted by atomic mass is 35.5. The molecule has 3 heterocycles. The van der Waals surface area contributed by atoms with Crippen molar-refractivity contribution in [2.45, 2.75) is 45.4 Å². The van der Waals surface area contributed by atoms with Crippen LogP contribution >= 0.6 is 22.9 Å². The van der Waals surface area contributed by atoms with Crippen molar-refractivity contribution in [1.29, 1.82) is 0 Å². The van der Waals surface area contributed by atoms with Crippen molar-refractivity contribution in [3.8, 4) is 10.4 Å². The fourth-order valence-electron chi connectivity index (χ4n) is 3.56. The smallest absolute Gasteiger partial charge is 0.411 e. The van der Waals surface area contributed by atoms with Gasteiger partial charge in [0.2, 0.25) is 5.89 Å². The van der Waals surface area contributed by atoms with E-state index < -0.39 is 5.60 Å². The number of thiophene rings is 1. The van der Waals surface area contributed by atoms with Gasteiger partial charge in [-0.3, -0.25) is 4.90 Å². The zero-order valence-corrected chi connectivity index (χ0v) is 18.4. The van der Waals surface area contributed by atoms with E-state index >= 15 is 0 Å². The zero-order valence-electron chi connectivity index (χ0n) is 16.9. The Morgan fingerprint density at radius 2 is 2.21 bits per heavy atom. The normalized spacial score (nSPS) is 20.2. The summed E-state index contributed by atoms with van der Waals surface area (Å²) in [6, 6.07) is 7.28. The highest BCUT2D eigenvalue weighted by Crippen LogP contribution is 2.37. The number of halogens is 1. The molecular weight excluding hydrogens is 410 g/mol. The van der Waals surface area contributed by atoms with Crippen LogP contribution in [0.4, 0.5) is 4.79 Å². The highest BCUT2D eigenvalue weighted by molar-refractivity contribution is 7.13. The highest BCUT2D eigenvalue weighted by Gasteiger charge is 2.38. The number of amides is 1. The summed E-state index contributed by atoms with van der Waals surface area (Å²) in [7, 11) is 0. The molecule has 6 nitrogen and oxygen atoms in total. The zero-order chi connectivity index (χ0) is 20.8. The number of carbonyl (C=O) groups is 1. The first-order valence-electron chi connectivity index (χ1n) is 9.60. The van der Waals surface area contributed by atoms with E-state index in [0.29, 0.717) is 35.1 Å². The van der Waals surface area contributed by atoms with E-state index in [0.717, 1.165) is 10.4 Å². The molecule has 1 fully saturated rings. The van der Waals surface area contributed by atoms with Gasteiger partial charge in [-0.15, -0.1) is 11.3 Å². The van der Waals surface area contributed by atoms with Gasteiger partial charge in [-0.1, -0.05) is 17.7 Å². The Morgan fingerprint density at radius 1 is 1.41 bits per heavy atom. The molecule has 1 aromatic carbocycles. The molecule has 2 aromatic heterocycles. The van der Waals surface area contributed by atoms with Gasteiger partial charge in [0.15, 0.2) is 5.58 Å². The monoisotopic (exact) mass is 433 g/mol. The van der Waals surface area contributed by atoms with Gasteiger partial charge in [-0.25, -0.2) is 9.78 Å². The molecule has 0 saturated carbocycles. The van der Waals surface area contributed by atoms with Crippen molar-refractivity contribution in [3.05, 3.63) is 40.6 Å². The first-order valence-corrected chi connectivity index (χ1v) is 10.9. The van der Waals surface area contributed by atoms with Crippen LogP contribution in [0.1, 0.15) is 39.6 Å². The number of fused-ring (bicyclic) bond motifs is 1. The number of ether oxygens (including phenoxy) is 1. The average Bonchev–Trinajstić information content (AvgIpc) is 3.28. The maximum absolute atomic E-state index is 12.9. The van der Waals surface area contributed by atoms with Gasteiger partial charge in [-0.2, -0.15) is 0 Å². The molecule has 0 radical (unpaired) electrons. The van der Waals surface area contributed by atoms with E-state index in [1.54, 1.807) is 22.3 Å². The summed E-state index contributed by atoms with van der Waals surface area (Å²) in [6.45, 7) is 8.80. The van der Waals surface area contributed by atoms with Crippen molar-refractivity contribution in [2.75, 3.05) is 13.1 Å². The summed E-state index contributed by atoms with van der Waals surface area (Å²) in [4.78, 5) is 20.3. The van der Waals surface area contributed by atoms with Gasteiger partial charge in [0, 0.05) is 34.6 Å². The Morgan fingerprint density at radius 3 is 2.90 bits per heavy atom. The van der Waals surface area contributed by atoms with Crippen molar-refractivity contribution in [3.63, 3.8) is 0 Å². The first-order chi connectivity index (χ1) is 13.7. The third-order valence-electron chi connectivity index (χ3n) is 4.77. The number of nitrogens with one attached hydrogen (secondary N) is 1. The third kappa shape index (κ3) is 4.13. The summed E-state index contributed by atoms with van der Waals surface area (Å²) < 4.78 is 11.9. The van der Waals surface area contributed by atoms with Crippen LogP contribution in [0.5, 0.6) is 0 Å². The van der Waals surface area contributed by atoms with Crippen LogP contribution in [-0.4, -0.2) is 40.7 Å². The summed E-state index contributed by atoms with van der Waals surface area (Å²) in [5.41, 5.74) is 1.68. The molecule has 0 spiro atoms. The minimum Gasteiger partial charge on any atom is -0.444 e. The van der Waals surface area contributed by atoms with Crippen molar-refractivity contribution >= 4 is 40.1 Å². The lowest BCUT2D eigenvalue weighted by Crippen LogP contribution is -2.54. The lowest BCUT2D eigenvalue weighted by Gasteiger charge is -2.39. The van der Waals surface area contributed by atoms with Crippen LogP contribution in [0.3, 0.4) is 0 Å². The Hall–Kier alpha value is -2.09. The van der Waals surface area contributed by atoms with E-state index in [2.05, 4.69) is 5.32 Å². The van der Waals surface area contributed by atoms with Crippen molar-refractivity contribution < 1.29 is 13.9 Å². The minimum atomic E-state index is -0.573. The standard InChI is InChI=1S/C21H24ClN3O3S/c1-12-17(25(8-7-23-12)20(26)28-21(2,3)4)19-24-15-11-13(22)10-14(18(15)27-19)16-6-5-9-29-16/h5-6,9-12,17,23H,7-8H2,1-4H3. The molecule has 1 saturated heterocycles. The third-order valence-corrected chi connectivity index (χ3v) is 5.89. The maximum atomic E-state index is 12.9. The Bertz CT molecular complexity index is 1030. The second-order valence-electron chi connectivity index (χ2n) is 8.19. The van der Waals surface area contributed by atoms with E-state index in [-0.39, 0.29) is 18.2 Å². The fourth-order valence-corrected chi connectivity index (χ4v) is 4.51. The number of hydrogen-bond acceptors (Lipinski definition) is 6. The Labute approximate surface area is 178 Å². The predicted octanol–water partition coefficient (Wildman–Crippen LogP) is 5.48. The topological polar surface area (TPSA) is 67.6 Å². The molecule has 1 amide bonds. The quantitative estimate of drug-likeness (QED) is 0.579. The van der Waals surface area contributed by atoms with Crippen molar-refractivity contribution in [1.82, 2.24) is 15.2 Å².